The number of benzene rings is 1. The van der Waals surface area contributed by atoms with Gasteiger partial charge in [-0.3, -0.25) is 14.8 Å². The lowest BCUT2D eigenvalue weighted by Crippen LogP contribution is -2.39. The molecule has 1 aliphatic heterocycles. The third-order valence-corrected chi connectivity index (χ3v) is 5.93. The highest BCUT2D eigenvalue weighted by atomic mass is 16.5. The third kappa shape index (κ3) is 4.93. The highest BCUT2D eigenvalue weighted by Gasteiger charge is 2.29. The standard InChI is InChI=1S/C26H24N6O3/c1-34-22-6-2-3-7-23(22)35-25-24(29-10-11-30-25)19-5-4-12-32(16-19)26(33)18-8-9-21(31-15-18)20-13-27-17-28-14-20/h2-3,6-11,13-15,17,19H,4-5,12,16H2,1H3/t19-/m0/s1. The Labute approximate surface area is 202 Å². The Hall–Kier alpha value is -4.40. The van der Waals surface area contributed by atoms with Crippen molar-refractivity contribution in [3.8, 4) is 28.6 Å². The molecule has 1 atom stereocenters. The van der Waals surface area contributed by atoms with Crippen molar-refractivity contribution in [2.24, 2.45) is 0 Å². The van der Waals surface area contributed by atoms with Gasteiger partial charge in [0.2, 0.25) is 5.88 Å². The fourth-order valence-corrected chi connectivity index (χ4v) is 4.19. The topological polar surface area (TPSA) is 103 Å². The van der Waals surface area contributed by atoms with Crippen LogP contribution in [0.3, 0.4) is 0 Å². The first-order valence-corrected chi connectivity index (χ1v) is 11.4. The first-order chi connectivity index (χ1) is 17.2. The van der Waals surface area contributed by atoms with E-state index in [-0.39, 0.29) is 11.8 Å². The van der Waals surface area contributed by atoms with Crippen molar-refractivity contribution in [2.75, 3.05) is 20.2 Å². The van der Waals surface area contributed by atoms with Gasteiger partial charge >= 0.3 is 0 Å². The molecular weight excluding hydrogens is 444 g/mol. The molecule has 1 aromatic carbocycles. The van der Waals surface area contributed by atoms with Crippen LogP contribution in [0, 0.1) is 0 Å². The van der Waals surface area contributed by atoms with E-state index in [1.807, 2.05) is 35.2 Å². The minimum atomic E-state index is -0.0610. The summed E-state index contributed by atoms with van der Waals surface area (Å²) in [5, 5.41) is 0. The average molecular weight is 469 g/mol. The number of amides is 1. The quantitative estimate of drug-likeness (QED) is 0.416. The second kappa shape index (κ2) is 10.3. The molecule has 9 nitrogen and oxygen atoms in total. The van der Waals surface area contributed by atoms with Crippen molar-refractivity contribution >= 4 is 5.91 Å². The van der Waals surface area contributed by atoms with Gasteiger partial charge in [-0.1, -0.05) is 12.1 Å². The van der Waals surface area contributed by atoms with Crippen LogP contribution < -0.4 is 9.47 Å². The number of carbonyl (C=O) groups excluding carboxylic acids is 1. The Morgan fingerprint density at radius 2 is 1.77 bits per heavy atom. The van der Waals surface area contributed by atoms with Gasteiger partial charge in [0, 0.05) is 55.6 Å². The molecule has 0 radical (unpaired) electrons. The Balaban J connectivity index is 1.33. The summed E-state index contributed by atoms with van der Waals surface area (Å²) < 4.78 is 11.5. The molecule has 1 aliphatic rings. The van der Waals surface area contributed by atoms with Gasteiger partial charge < -0.3 is 14.4 Å². The normalized spacial score (nSPS) is 15.5. The second-order valence-electron chi connectivity index (χ2n) is 8.15. The predicted octanol–water partition coefficient (Wildman–Crippen LogP) is 4.15. The smallest absolute Gasteiger partial charge is 0.255 e. The van der Waals surface area contributed by atoms with E-state index >= 15 is 0 Å². The monoisotopic (exact) mass is 468 g/mol. The predicted molar refractivity (Wildman–Crippen MR) is 128 cm³/mol. The summed E-state index contributed by atoms with van der Waals surface area (Å²) in [5.41, 5.74) is 2.79. The number of hydrogen-bond donors (Lipinski definition) is 0. The number of rotatable bonds is 6. The first-order valence-electron chi connectivity index (χ1n) is 11.4. The lowest BCUT2D eigenvalue weighted by atomic mass is 9.94. The van der Waals surface area contributed by atoms with Crippen molar-refractivity contribution in [1.29, 1.82) is 0 Å². The fraction of sp³-hybridized carbons (Fsp3) is 0.231. The van der Waals surface area contributed by atoms with Crippen LogP contribution in [0.25, 0.3) is 11.3 Å². The molecule has 0 N–H and O–H groups in total. The van der Waals surface area contributed by atoms with Crippen LogP contribution in [-0.4, -0.2) is 55.9 Å². The van der Waals surface area contributed by atoms with Gasteiger partial charge in [-0.15, -0.1) is 0 Å². The average Bonchev–Trinajstić information content (AvgIpc) is 2.94. The molecule has 0 saturated carbocycles. The zero-order valence-corrected chi connectivity index (χ0v) is 19.2. The lowest BCUT2D eigenvalue weighted by Gasteiger charge is -2.32. The maximum Gasteiger partial charge on any atom is 0.255 e. The van der Waals surface area contributed by atoms with E-state index < -0.39 is 0 Å². The molecule has 4 aromatic rings. The molecule has 176 valence electrons. The van der Waals surface area contributed by atoms with E-state index in [1.165, 1.54) is 6.33 Å². The second-order valence-corrected chi connectivity index (χ2v) is 8.15. The molecular formula is C26H24N6O3. The van der Waals surface area contributed by atoms with Gasteiger partial charge in [0.1, 0.15) is 12.0 Å². The van der Waals surface area contributed by atoms with Gasteiger partial charge in [0.05, 0.1) is 18.4 Å². The fourth-order valence-electron chi connectivity index (χ4n) is 4.19. The molecule has 0 bridgehead atoms. The first kappa shape index (κ1) is 22.4. The van der Waals surface area contributed by atoms with Crippen LogP contribution >= 0.6 is 0 Å². The van der Waals surface area contributed by atoms with E-state index in [4.69, 9.17) is 9.47 Å². The summed E-state index contributed by atoms with van der Waals surface area (Å²) in [7, 11) is 1.60. The summed E-state index contributed by atoms with van der Waals surface area (Å²) in [5.74, 6) is 1.54. The maximum absolute atomic E-state index is 13.3. The van der Waals surface area contributed by atoms with Crippen LogP contribution in [0.15, 0.2) is 73.7 Å². The minimum absolute atomic E-state index is 0.000179. The highest BCUT2D eigenvalue weighted by Crippen LogP contribution is 2.36. The number of ether oxygens (including phenoxy) is 2. The van der Waals surface area contributed by atoms with Crippen molar-refractivity contribution in [1.82, 2.24) is 29.8 Å². The van der Waals surface area contributed by atoms with Crippen molar-refractivity contribution in [3.05, 3.63) is 85.0 Å². The van der Waals surface area contributed by atoms with Crippen LogP contribution in [0.4, 0.5) is 0 Å². The van der Waals surface area contributed by atoms with Crippen LogP contribution in [-0.2, 0) is 0 Å². The largest absolute Gasteiger partial charge is 0.493 e. The molecule has 0 aliphatic carbocycles. The summed E-state index contributed by atoms with van der Waals surface area (Å²) >= 11 is 0. The Bertz CT molecular complexity index is 1300. The summed E-state index contributed by atoms with van der Waals surface area (Å²) in [6, 6.07) is 11.0. The van der Waals surface area contributed by atoms with Crippen molar-refractivity contribution < 1.29 is 14.3 Å². The molecule has 5 rings (SSSR count). The van der Waals surface area contributed by atoms with Crippen molar-refractivity contribution in [3.63, 3.8) is 0 Å². The van der Waals surface area contributed by atoms with Gasteiger partial charge in [-0.05, 0) is 37.1 Å². The van der Waals surface area contributed by atoms with E-state index in [0.29, 0.717) is 36.0 Å². The molecule has 1 saturated heterocycles. The minimum Gasteiger partial charge on any atom is -0.493 e. The molecule has 9 heteroatoms. The number of para-hydroxylation sites is 2. The number of piperidine rings is 1. The number of likely N-dealkylation sites (tertiary alicyclic amines) is 1. The molecule has 0 spiro atoms. The summed E-state index contributed by atoms with van der Waals surface area (Å²) in [6.45, 7) is 1.20. The number of methoxy groups -OCH3 is 1. The molecule has 0 unspecified atom stereocenters. The molecule has 35 heavy (non-hydrogen) atoms. The molecule has 4 heterocycles. The van der Waals surface area contributed by atoms with Gasteiger partial charge in [-0.25, -0.2) is 15.0 Å². The maximum atomic E-state index is 13.3. The molecule has 1 amide bonds. The molecule has 3 aromatic heterocycles. The number of nitrogens with zero attached hydrogens (tertiary/aromatic N) is 6. The van der Waals surface area contributed by atoms with E-state index in [1.54, 1.807) is 44.2 Å². The Morgan fingerprint density at radius 3 is 2.54 bits per heavy atom. The molecule has 1 fully saturated rings. The summed E-state index contributed by atoms with van der Waals surface area (Å²) in [4.78, 5) is 36.6. The zero-order valence-electron chi connectivity index (χ0n) is 19.2. The van der Waals surface area contributed by atoms with Crippen LogP contribution in [0.5, 0.6) is 17.4 Å². The summed E-state index contributed by atoms with van der Waals surface area (Å²) in [6.07, 6.45) is 11.5. The van der Waals surface area contributed by atoms with Crippen molar-refractivity contribution in [2.45, 2.75) is 18.8 Å². The van der Waals surface area contributed by atoms with Gasteiger partial charge in [0.25, 0.3) is 5.91 Å². The Kier molecular flexibility index (Phi) is 6.56. The van der Waals surface area contributed by atoms with Gasteiger partial charge in [0.15, 0.2) is 11.5 Å². The van der Waals surface area contributed by atoms with E-state index in [9.17, 15) is 4.79 Å². The third-order valence-electron chi connectivity index (χ3n) is 5.93. The van der Waals surface area contributed by atoms with E-state index in [0.717, 1.165) is 29.8 Å². The highest BCUT2D eigenvalue weighted by molar-refractivity contribution is 5.94. The number of hydrogen-bond acceptors (Lipinski definition) is 8. The number of aromatic nitrogens is 5. The lowest BCUT2D eigenvalue weighted by molar-refractivity contribution is 0.0704. The number of pyridine rings is 1. The SMILES string of the molecule is COc1ccccc1Oc1nccnc1[C@H]1CCCN(C(=O)c2ccc(-c3cncnc3)nc2)C1. The number of carbonyl (C=O) groups is 1. The zero-order chi connectivity index (χ0) is 24.0. The van der Waals surface area contributed by atoms with Crippen LogP contribution in [0.2, 0.25) is 0 Å². The Morgan fingerprint density at radius 1 is 0.971 bits per heavy atom. The van der Waals surface area contributed by atoms with Crippen LogP contribution in [0.1, 0.15) is 34.8 Å². The van der Waals surface area contributed by atoms with Gasteiger partial charge in [-0.2, -0.15) is 0 Å². The van der Waals surface area contributed by atoms with E-state index in [2.05, 4.69) is 24.9 Å².